The molecular weight excluding hydrogens is 488 g/mol. The van der Waals surface area contributed by atoms with Crippen molar-refractivity contribution < 1.29 is 14.3 Å². The van der Waals surface area contributed by atoms with Gasteiger partial charge in [0, 0.05) is 23.2 Å². The minimum atomic E-state index is -0.308. The molecule has 0 unspecified atom stereocenters. The minimum absolute atomic E-state index is 0.00929. The highest BCUT2D eigenvalue weighted by atomic mass is 16.5. The fourth-order valence-corrected chi connectivity index (χ4v) is 4.24. The zero-order chi connectivity index (χ0) is 28.2. The summed E-state index contributed by atoms with van der Waals surface area (Å²) in [5.41, 5.74) is 4.11. The Hall–Kier alpha value is -4.39. The van der Waals surface area contributed by atoms with E-state index in [1.54, 1.807) is 16.7 Å². The van der Waals surface area contributed by atoms with Crippen molar-refractivity contribution in [2.75, 3.05) is 19.0 Å². The Labute approximate surface area is 230 Å². The van der Waals surface area contributed by atoms with Gasteiger partial charge in [-0.15, -0.1) is 0 Å². The molecule has 7 heteroatoms. The third-order valence-corrected chi connectivity index (χ3v) is 6.56. The van der Waals surface area contributed by atoms with Crippen LogP contribution in [-0.4, -0.2) is 46.2 Å². The first-order chi connectivity index (χ1) is 18.6. The van der Waals surface area contributed by atoms with E-state index in [1.807, 2.05) is 98.8 Å². The van der Waals surface area contributed by atoms with Gasteiger partial charge in [0.05, 0.1) is 18.5 Å². The second-order valence-corrected chi connectivity index (χ2v) is 10.8. The number of ether oxygens (including phenoxy) is 1. The van der Waals surface area contributed by atoms with E-state index in [0.717, 1.165) is 28.3 Å². The number of carbonyl (C=O) groups is 2. The number of rotatable bonds is 8. The molecule has 0 aliphatic heterocycles. The second kappa shape index (κ2) is 11.6. The van der Waals surface area contributed by atoms with Gasteiger partial charge in [-0.2, -0.15) is 5.10 Å². The van der Waals surface area contributed by atoms with Gasteiger partial charge in [0.25, 0.3) is 5.91 Å². The lowest BCUT2D eigenvalue weighted by molar-refractivity contribution is -0.117. The van der Waals surface area contributed by atoms with E-state index in [9.17, 15) is 9.59 Å². The molecular formula is C32H36N4O3. The first-order valence-corrected chi connectivity index (χ1v) is 13.1. The second-order valence-electron chi connectivity index (χ2n) is 10.8. The van der Waals surface area contributed by atoms with Crippen LogP contribution in [0.5, 0.6) is 5.75 Å². The van der Waals surface area contributed by atoms with Crippen LogP contribution >= 0.6 is 0 Å². The molecule has 39 heavy (non-hydrogen) atoms. The largest absolute Gasteiger partial charge is 0.497 e. The van der Waals surface area contributed by atoms with Gasteiger partial charge in [-0.05, 0) is 61.2 Å². The molecule has 7 nitrogen and oxygen atoms in total. The molecule has 0 saturated heterocycles. The van der Waals surface area contributed by atoms with E-state index in [0.29, 0.717) is 11.4 Å². The number of methoxy groups -OCH3 is 1. The third-order valence-electron chi connectivity index (χ3n) is 6.56. The van der Waals surface area contributed by atoms with Crippen LogP contribution in [0.1, 0.15) is 50.5 Å². The Morgan fingerprint density at radius 3 is 2.15 bits per heavy atom. The number of carbonyl (C=O) groups excluding carboxylic acids is 2. The Morgan fingerprint density at radius 1 is 0.949 bits per heavy atom. The van der Waals surface area contributed by atoms with Gasteiger partial charge in [-0.1, -0.05) is 63.2 Å². The van der Waals surface area contributed by atoms with Crippen molar-refractivity contribution >= 4 is 17.6 Å². The van der Waals surface area contributed by atoms with Crippen LogP contribution < -0.4 is 10.1 Å². The Kier molecular flexibility index (Phi) is 8.19. The van der Waals surface area contributed by atoms with Crippen molar-refractivity contribution in [3.63, 3.8) is 0 Å². The predicted octanol–water partition coefficient (Wildman–Crippen LogP) is 6.33. The molecule has 0 spiro atoms. The van der Waals surface area contributed by atoms with Crippen molar-refractivity contribution in [2.45, 2.75) is 46.1 Å². The van der Waals surface area contributed by atoms with Gasteiger partial charge in [0.1, 0.15) is 18.1 Å². The standard InChI is InChI=1S/C32H36N4O3/c1-22(2)35(31(38)24-12-14-25(15-13-24)32(3,4)5)21-30(37)33-29-20-28(23-10-8-7-9-11-23)34-36(29)26-16-18-27(39-6)19-17-26/h7-20,22H,21H2,1-6H3,(H,33,37). The molecule has 1 heterocycles. The average Bonchev–Trinajstić information content (AvgIpc) is 3.35. The zero-order valence-corrected chi connectivity index (χ0v) is 23.4. The van der Waals surface area contributed by atoms with Crippen LogP contribution in [0, 0.1) is 0 Å². The highest BCUT2D eigenvalue weighted by Crippen LogP contribution is 2.26. The molecule has 4 aromatic rings. The normalized spacial score (nSPS) is 11.4. The van der Waals surface area contributed by atoms with Crippen molar-refractivity contribution in [1.29, 1.82) is 0 Å². The quantitative estimate of drug-likeness (QED) is 0.292. The van der Waals surface area contributed by atoms with Crippen molar-refractivity contribution in [1.82, 2.24) is 14.7 Å². The lowest BCUT2D eigenvalue weighted by atomic mass is 9.86. The van der Waals surface area contributed by atoms with E-state index < -0.39 is 0 Å². The summed E-state index contributed by atoms with van der Waals surface area (Å²) in [5.74, 6) is 0.739. The lowest BCUT2D eigenvalue weighted by Gasteiger charge is -2.27. The molecule has 0 bridgehead atoms. The third kappa shape index (κ3) is 6.55. The topological polar surface area (TPSA) is 76.5 Å². The summed E-state index contributed by atoms with van der Waals surface area (Å²) in [6, 6.07) is 26.5. The average molecular weight is 525 g/mol. The number of hydrogen-bond donors (Lipinski definition) is 1. The van der Waals surface area contributed by atoms with E-state index in [4.69, 9.17) is 9.84 Å². The van der Waals surface area contributed by atoms with Crippen LogP contribution in [0.2, 0.25) is 0 Å². The Bertz CT molecular complexity index is 1420. The minimum Gasteiger partial charge on any atom is -0.497 e. The first kappa shape index (κ1) is 27.6. The maximum atomic E-state index is 13.4. The summed E-state index contributed by atoms with van der Waals surface area (Å²) >= 11 is 0. The van der Waals surface area contributed by atoms with E-state index >= 15 is 0 Å². The van der Waals surface area contributed by atoms with Gasteiger partial charge in [-0.25, -0.2) is 4.68 Å². The van der Waals surface area contributed by atoms with Crippen LogP contribution in [0.3, 0.4) is 0 Å². The van der Waals surface area contributed by atoms with Crippen LogP contribution in [0.15, 0.2) is 84.9 Å². The maximum absolute atomic E-state index is 13.4. The van der Waals surface area contributed by atoms with Crippen molar-refractivity contribution in [3.05, 3.63) is 96.1 Å². The molecule has 0 saturated carbocycles. The van der Waals surface area contributed by atoms with Crippen molar-refractivity contribution in [3.8, 4) is 22.7 Å². The number of nitrogens with one attached hydrogen (secondary N) is 1. The summed E-state index contributed by atoms with van der Waals surface area (Å²) < 4.78 is 6.97. The first-order valence-electron chi connectivity index (χ1n) is 13.1. The summed E-state index contributed by atoms with van der Waals surface area (Å²) in [6.45, 7) is 10.1. The van der Waals surface area contributed by atoms with Crippen molar-refractivity contribution in [2.24, 2.45) is 0 Å². The van der Waals surface area contributed by atoms with Gasteiger partial charge in [0.15, 0.2) is 0 Å². The summed E-state index contributed by atoms with van der Waals surface area (Å²) in [5, 5.41) is 7.75. The van der Waals surface area contributed by atoms with Gasteiger partial charge < -0.3 is 15.0 Å². The molecule has 3 aromatic carbocycles. The number of nitrogens with zero attached hydrogens (tertiary/aromatic N) is 3. The number of aromatic nitrogens is 2. The fourth-order valence-electron chi connectivity index (χ4n) is 4.24. The van der Waals surface area contributed by atoms with Gasteiger partial charge in [-0.3, -0.25) is 9.59 Å². The summed E-state index contributed by atoms with van der Waals surface area (Å²) in [7, 11) is 1.61. The zero-order valence-electron chi connectivity index (χ0n) is 23.4. The lowest BCUT2D eigenvalue weighted by Crippen LogP contribution is -2.42. The molecule has 0 aliphatic carbocycles. The smallest absolute Gasteiger partial charge is 0.254 e. The molecule has 0 aliphatic rings. The SMILES string of the molecule is COc1ccc(-n2nc(-c3ccccc3)cc2NC(=O)CN(C(=O)c2ccc(C(C)(C)C)cc2)C(C)C)cc1. The molecule has 0 radical (unpaired) electrons. The molecule has 2 amide bonds. The van der Waals surface area contributed by atoms with Crippen LogP contribution in [0.4, 0.5) is 5.82 Å². The maximum Gasteiger partial charge on any atom is 0.254 e. The summed E-state index contributed by atoms with van der Waals surface area (Å²) in [4.78, 5) is 28.3. The molecule has 4 rings (SSSR count). The molecule has 0 fully saturated rings. The number of anilines is 1. The van der Waals surface area contributed by atoms with E-state index in [1.165, 1.54) is 0 Å². The van der Waals surface area contributed by atoms with E-state index in [-0.39, 0.29) is 29.8 Å². The van der Waals surface area contributed by atoms with Crippen LogP contribution in [-0.2, 0) is 10.2 Å². The molecule has 1 aromatic heterocycles. The van der Waals surface area contributed by atoms with Crippen LogP contribution in [0.25, 0.3) is 16.9 Å². The Morgan fingerprint density at radius 2 is 1.59 bits per heavy atom. The monoisotopic (exact) mass is 524 g/mol. The van der Waals surface area contributed by atoms with Gasteiger partial charge >= 0.3 is 0 Å². The van der Waals surface area contributed by atoms with E-state index in [2.05, 4.69) is 26.1 Å². The number of hydrogen-bond acceptors (Lipinski definition) is 4. The molecule has 0 atom stereocenters. The summed E-state index contributed by atoms with van der Waals surface area (Å²) in [6.07, 6.45) is 0. The fraction of sp³-hybridized carbons (Fsp3) is 0.281. The van der Waals surface area contributed by atoms with Gasteiger partial charge in [0.2, 0.25) is 5.91 Å². The molecule has 202 valence electrons. The highest BCUT2D eigenvalue weighted by molar-refractivity contribution is 5.99. The number of benzene rings is 3. The predicted molar refractivity (Wildman–Crippen MR) is 155 cm³/mol. The Balaban J connectivity index is 1.58. The molecule has 1 N–H and O–H groups in total. The highest BCUT2D eigenvalue weighted by Gasteiger charge is 2.24. The number of amides is 2.